The maximum Gasteiger partial charge on any atom is 0.231 e. The van der Waals surface area contributed by atoms with E-state index in [1.54, 1.807) is 30.5 Å². The van der Waals surface area contributed by atoms with Crippen LogP contribution in [0.15, 0.2) is 41.8 Å². The second-order valence-corrected chi connectivity index (χ2v) is 8.25. The minimum atomic E-state index is -0.699. The van der Waals surface area contributed by atoms with E-state index in [1.807, 2.05) is 30.5 Å². The molecule has 1 aliphatic heterocycles. The fraction of sp³-hybridized carbons (Fsp3) is 0.200. The molecule has 1 aromatic heterocycles. The lowest BCUT2D eigenvalue weighted by atomic mass is 9.84. The van der Waals surface area contributed by atoms with Crippen LogP contribution in [-0.2, 0) is 10.3 Å². The number of thiophene rings is 1. The predicted molar refractivity (Wildman–Crippen MR) is 108 cm³/mol. The Kier molecular flexibility index (Phi) is 4.20. The number of hydrogen-bond acceptors (Lipinski definition) is 3. The number of fused-ring (bicyclic) bond motifs is 1. The molecular formula is C20H17ClFN3OS. The van der Waals surface area contributed by atoms with E-state index in [9.17, 15) is 9.18 Å². The van der Waals surface area contributed by atoms with Gasteiger partial charge in [-0.1, -0.05) is 17.7 Å². The Morgan fingerprint density at radius 2 is 2.07 bits per heavy atom. The number of nitrogens with zero attached hydrogens (tertiary/aromatic N) is 1. The SMILES string of the molecule is CN1C(=N)N[C@](C)(c2cc(-c3ccc(F)c(Cl)c3)c3sccc3c2)CC1=O. The molecule has 0 saturated carbocycles. The second kappa shape index (κ2) is 6.32. The summed E-state index contributed by atoms with van der Waals surface area (Å²) in [6, 6.07) is 10.7. The van der Waals surface area contributed by atoms with Crippen molar-refractivity contribution in [3.63, 3.8) is 0 Å². The molecule has 0 spiro atoms. The van der Waals surface area contributed by atoms with Crippen LogP contribution in [0, 0.1) is 11.2 Å². The van der Waals surface area contributed by atoms with Gasteiger partial charge >= 0.3 is 0 Å². The van der Waals surface area contributed by atoms with Crippen molar-refractivity contribution in [3.05, 3.63) is 58.2 Å². The summed E-state index contributed by atoms with van der Waals surface area (Å²) in [5.74, 6) is -0.495. The predicted octanol–water partition coefficient (Wildman–Crippen LogP) is 4.96. The summed E-state index contributed by atoms with van der Waals surface area (Å²) in [6.45, 7) is 1.92. The molecule has 1 aliphatic rings. The largest absolute Gasteiger partial charge is 0.346 e. The first-order valence-electron chi connectivity index (χ1n) is 8.39. The van der Waals surface area contributed by atoms with E-state index in [0.29, 0.717) is 0 Å². The summed E-state index contributed by atoms with van der Waals surface area (Å²) in [4.78, 5) is 13.6. The summed E-state index contributed by atoms with van der Waals surface area (Å²) in [5.41, 5.74) is 1.94. The van der Waals surface area contributed by atoms with Crippen LogP contribution in [0.25, 0.3) is 21.2 Å². The van der Waals surface area contributed by atoms with E-state index in [0.717, 1.165) is 26.8 Å². The molecule has 4 nitrogen and oxygen atoms in total. The fourth-order valence-corrected chi connectivity index (χ4v) is 4.49. The Labute approximate surface area is 165 Å². The van der Waals surface area contributed by atoms with Crippen LogP contribution in [-0.4, -0.2) is 23.8 Å². The smallest absolute Gasteiger partial charge is 0.231 e. The van der Waals surface area contributed by atoms with Crippen molar-refractivity contribution in [2.24, 2.45) is 0 Å². The van der Waals surface area contributed by atoms with E-state index >= 15 is 0 Å². The average molecular weight is 402 g/mol. The Hall–Kier alpha value is -2.44. The average Bonchev–Trinajstić information content (AvgIpc) is 3.10. The van der Waals surface area contributed by atoms with Crippen LogP contribution in [0.1, 0.15) is 18.9 Å². The first kappa shape index (κ1) is 17.9. The molecule has 1 amide bonds. The van der Waals surface area contributed by atoms with Crippen molar-refractivity contribution < 1.29 is 9.18 Å². The van der Waals surface area contributed by atoms with Crippen molar-refractivity contribution in [2.75, 3.05) is 7.05 Å². The zero-order chi connectivity index (χ0) is 19.3. The minimum absolute atomic E-state index is 0.0724. The number of carbonyl (C=O) groups excluding carboxylic acids is 1. The van der Waals surface area contributed by atoms with E-state index < -0.39 is 11.4 Å². The van der Waals surface area contributed by atoms with Gasteiger partial charge in [-0.25, -0.2) is 4.39 Å². The minimum Gasteiger partial charge on any atom is -0.346 e. The molecule has 0 unspecified atom stereocenters. The van der Waals surface area contributed by atoms with E-state index in [4.69, 9.17) is 17.0 Å². The van der Waals surface area contributed by atoms with Crippen molar-refractivity contribution in [1.29, 1.82) is 5.41 Å². The van der Waals surface area contributed by atoms with Gasteiger partial charge in [-0.05, 0) is 64.7 Å². The summed E-state index contributed by atoms with van der Waals surface area (Å²) in [5, 5.41) is 14.3. The lowest BCUT2D eigenvalue weighted by Gasteiger charge is -2.39. The standard InChI is InChI=1S/C20H17ClFN3OS/c1-20(10-17(26)25(2)19(23)24-20)13-7-12-5-6-27-18(12)14(9-13)11-3-4-16(22)15(21)8-11/h3-9H,10H2,1-2H3,(H2,23,24)/t20-/m0/s1. The van der Waals surface area contributed by atoms with Crippen molar-refractivity contribution in [1.82, 2.24) is 10.2 Å². The number of carbonyl (C=O) groups is 1. The number of nitrogens with one attached hydrogen (secondary N) is 2. The molecule has 1 fully saturated rings. The molecule has 3 aromatic rings. The van der Waals surface area contributed by atoms with Gasteiger partial charge in [-0.15, -0.1) is 11.3 Å². The summed E-state index contributed by atoms with van der Waals surface area (Å²) in [6.07, 6.45) is 0.241. The van der Waals surface area contributed by atoms with Crippen molar-refractivity contribution in [3.8, 4) is 11.1 Å². The van der Waals surface area contributed by atoms with Gasteiger partial charge < -0.3 is 5.32 Å². The number of halogens is 2. The molecule has 2 N–H and O–H groups in total. The van der Waals surface area contributed by atoms with Crippen LogP contribution < -0.4 is 5.32 Å². The monoisotopic (exact) mass is 401 g/mol. The summed E-state index contributed by atoms with van der Waals surface area (Å²) >= 11 is 7.60. The first-order chi connectivity index (χ1) is 12.8. The van der Waals surface area contributed by atoms with Crippen molar-refractivity contribution >= 4 is 44.9 Å². The van der Waals surface area contributed by atoms with Crippen molar-refractivity contribution in [2.45, 2.75) is 18.9 Å². The Balaban J connectivity index is 1.89. The molecule has 27 heavy (non-hydrogen) atoms. The molecular weight excluding hydrogens is 385 g/mol. The van der Waals surface area contributed by atoms with Gasteiger partial charge in [0.1, 0.15) is 5.82 Å². The van der Waals surface area contributed by atoms with Gasteiger partial charge in [-0.3, -0.25) is 15.1 Å². The molecule has 0 aliphatic carbocycles. The first-order valence-corrected chi connectivity index (χ1v) is 9.65. The van der Waals surface area contributed by atoms with E-state index in [2.05, 4.69) is 5.32 Å². The van der Waals surface area contributed by atoms with Gasteiger partial charge in [-0.2, -0.15) is 0 Å². The van der Waals surface area contributed by atoms with Gasteiger partial charge in [0.15, 0.2) is 5.96 Å². The zero-order valence-electron chi connectivity index (χ0n) is 14.8. The highest BCUT2D eigenvalue weighted by molar-refractivity contribution is 7.17. The normalized spacial score (nSPS) is 20.2. The van der Waals surface area contributed by atoms with Crippen LogP contribution in [0.5, 0.6) is 0 Å². The lowest BCUT2D eigenvalue weighted by Crippen LogP contribution is -2.58. The van der Waals surface area contributed by atoms with Crippen LogP contribution in [0.3, 0.4) is 0 Å². The molecule has 138 valence electrons. The fourth-order valence-electron chi connectivity index (χ4n) is 3.39. The summed E-state index contributed by atoms with van der Waals surface area (Å²) in [7, 11) is 1.59. The number of benzene rings is 2. The Morgan fingerprint density at radius 1 is 1.30 bits per heavy atom. The van der Waals surface area contributed by atoms with Gasteiger partial charge in [0.2, 0.25) is 5.91 Å². The molecule has 1 atom stereocenters. The molecule has 2 aromatic carbocycles. The molecule has 4 rings (SSSR count). The highest BCUT2D eigenvalue weighted by Gasteiger charge is 2.38. The quantitative estimate of drug-likeness (QED) is 0.637. The zero-order valence-corrected chi connectivity index (χ0v) is 16.3. The third kappa shape index (κ3) is 2.99. The van der Waals surface area contributed by atoms with Gasteiger partial charge in [0.05, 0.1) is 17.0 Å². The van der Waals surface area contributed by atoms with E-state index in [-0.39, 0.29) is 23.3 Å². The highest BCUT2D eigenvalue weighted by atomic mass is 35.5. The van der Waals surface area contributed by atoms with Crippen LogP contribution in [0.4, 0.5) is 4.39 Å². The van der Waals surface area contributed by atoms with Crippen LogP contribution >= 0.6 is 22.9 Å². The third-order valence-corrected chi connectivity index (χ3v) is 6.28. The molecule has 2 heterocycles. The number of guanidine groups is 1. The topological polar surface area (TPSA) is 56.2 Å². The number of amides is 1. The van der Waals surface area contributed by atoms with E-state index in [1.165, 1.54) is 11.0 Å². The van der Waals surface area contributed by atoms with Gasteiger partial charge in [0.25, 0.3) is 0 Å². The third-order valence-electron chi connectivity index (χ3n) is 5.03. The Morgan fingerprint density at radius 3 is 2.78 bits per heavy atom. The van der Waals surface area contributed by atoms with Crippen LogP contribution in [0.2, 0.25) is 5.02 Å². The second-order valence-electron chi connectivity index (χ2n) is 6.93. The molecule has 1 saturated heterocycles. The lowest BCUT2D eigenvalue weighted by molar-refractivity contribution is -0.129. The molecule has 7 heteroatoms. The number of rotatable bonds is 2. The highest BCUT2D eigenvalue weighted by Crippen LogP contribution is 2.39. The molecule has 0 bridgehead atoms. The maximum atomic E-state index is 13.6. The molecule has 0 radical (unpaired) electrons. The maximum absolute atomic E-state index is 13.6. The van der Waals surface area contributed by atoms with Gasteiger partial charge in [0, 0.05) is 11.7 Å². The summed E-state index contributed by atoms with van der Waals surface area (Å²) < 4.78 is 14.7. The number of hydrogen-bond donors (Lipinski definition) is 2. The Bertz CT molecular complexity index is 1080.